The van der Waals surface area contributed by atoms with Crippen molar-refractivity contribution in [3.05, 3.63) is 29.3 Å². The Morgan fingerprint density at radius 1 is 1.25 bits per heavy atom. The topological polar surface area (TPSA) is 9.23 Å². The quantitative estimate of drug-likeness (QED) is 0.648. The lowest BCUT2D eigenvalue weighted by atomic mass is 10.0. The Morgan fingerprint density at radius 2 is 2.06 bits per heavy atom. The Hall–Kier alpha value is -0.980. The predicted octanol–water partition coefficient (Wildman–Crippen LogP) is 4.27. The van der Waals surface area contributed by atoms with Crippen LogP contribution in [0.15, 0.2) is 18.2 Å². The van der Waals surface area contributed by atoms with E-state index in [1.54, 1.807) is 0 Å². The summed E-state index contributed by atoms with van der Waals surface area (Å²) in [7, 11) is 0. The Bertz CT molecular complexity index is 339. The maximum absolute atomic E-state index is 5.84. The number of hydrogen-bond donors (Lipinski definition) is 0. The molecule has 0 N–H and O–H groups in total. The second-order valence-corrected chi connectivity index (χ2v) is 4.87. The number of ether oxygens (including phenoxy) is 1. The van der Waals surface area contributed by atoms with E-state index >= 15 is 0 Å². The molecule has 1 heteroatoms. The molecule has 0 aliphatic heterocycles. The van der Waals surface area contributed by atoms with Gasteiger partial charge in [-0.25, -0.2) is 0 Å². The largest absolute Gasteiger partial charge is 0.490 e. The first kappa shape index (κ1) is 11.5. The van der Waals surface area contributed by atoms with E-state index in [4.69, 9.17) is 4.74 Å². The molecule has 0 saturated heterocycles. The molecule has 1 aliphatic carbocycles. The van der Waals surface area contributed by atoms with Crippen molar-refractivity contribution < 1.29 is 4.74 Å². The monoisotopic (exact) mass is 218 g/mol. The van der Waals surface area contributed by atoms with Crippen LogP contribution in [0.2, 0.25) is 0 Å². The molecule has 0 unspecified atom stereocenters. The van der Waals surface area contributed by atoms with Gasteiger partial charge in [0.25, 0.3) is 0 Å². The Balaban J connectivity index is 1.92. The van der Waals surface area contributed by atoms with E-state index in [0.717, 1.165) is 5.75 Å². The van der Waals surface area contributed by atoms with Crippen molar-refractivity contribution in [1.29, 1.82) is 0 Å². The Morgan fingerprint density at radius 3 is 2.69 bits per heavy atom. The first-order chi connectivity index (χ1) is 7.79. The summed E-state index contributed by atoms with van der Waals surface area (Å²) in [5.74, 6) is 1.08. The lowest BCUT2D eigenvalue weighted by Gasteiger charge is -2.09. The highest BCUT2D eigenvalue weighted by atomic mass is 16.5. The summed E-state index contributed by atoms with van der Waals surface area (Å²) >= 11 is 0. The summed E-state index contributed by atoms with van der Waals surface area (Å²) < 4.78 is 5.84. The Labute approximate surface area is 98.8 Å². The normalized spacial score (nSPS) is 15.1. The molecular weight excluding hydrogens is 196 g/mol. The summed E-state index contributed by atoms with van der Waals surface area (Å²) in [4.78, 5) is 0. The van der Waals surface area contributed by atoms with E-state index in [0.29, 0.717) is 6.10 Å². The summed E-state index contributed by atoms with van der Waals surface area (Å²) in [6, 6.07) is 6.66. The molecule has 0 heterocycles. The molecule has 1 saturated carbocycles. The van der Waals surface area contributed by atoms with Crippen LogP contribution >= 0.6 is 0 Å². The third kappa shape index (κ3) is 3.26. The van der Waals surface area contributed by atoms with Crippen LogP contribution in [0.4, 0.5) is 0 Å². The molecule has 0 bridgehead atoms. The fourth-order valence-electron chi connectivity index (χ4n) is 1.94. The molecule has 1 aliphatic rings. The molecule has 2 rings (SSSR count). The van der Waals surface area contributed by atoms with E-state index in [1.807, 2.05) is 0 Å². The van der Waals surface area contributed by atoms with Crippen molar-refractivity contribution in [1.82, 2.24) is 0 Å². The van der Waals surface area contributed by atoms with Crippen LogP contribution in [-0.2, 0) is 6.42 Å². The summed E-state index contributed by atoms with van der Waals surface area (Å²) in [6.45, 7) is 4.40. The lowest BCUT2D eigenvalue weighted by Crippen LogP contribution is -1.98. The fraction of sp³-hybridized carbons (Fsp3) is 0.600. The average Bonchev–Trinajstić information content (AvgIpc) is 3.06. The van der Waals surface area contributed by atoms with Crippen molar-refractivity contribution in [3.63, 3.8) is 0 Å². The third-order valence-electron chi connectivity index (χ3n) is 3.13. The standard InChI is InChI=1S/C15H22O/c1-3-4-5-6-13-7-10-15(12(2)11-13)16-14-8-9-14/h7,10-11,14H,3-6,8-9H2,1-2H3. The minimum atomic E-state index is 0.504. The van der Waals surface area contributed by atoms with E-state index in [2.05, 4.69) is 32.0 Å². The molecule has 1 aromatic rings. The van der Waals surface area contributed by atoms with Gasteiger partial charge in [-0.05, 0) is 49.8 Å². The number of rotatable bonds is 6. The molecule has 0 spiro atoms. The van der Waals surface area contributed by atoms with E-state index in [1.165, 1.54) is 49.7 Å². The second kappa shape index (κ2) is 5.38. The maximum Gasteiger partial charge on any atom is 0.122 e. The summed E-state index contributed by atoms with van der Waals surface area (Å²) in [5.41, 5.74) is 2.75. The average molecular weight is 218 g/mol. The molecule has 0 aromatic heterocycles. The number of hydrogen-bond acceptors (Lipinski definition) is 1. The van der Waals surface area contributed by atoms with Gasteiger partial charge < -0.3 is 4.74 Å². The summed E-state index contributed by atoms with van der Waals surface area (Å²) in [5, 5.41) is 0. The van der Waals surface area contributed by atoms with Gasteiger partial charge in [-0.1, -0.05) is 31.9 Å². The molecule has 88 valence electrons. The molecule has 16 heavy (non-hydrogen) atoms. The fourth-order valence-corrected chi connectivity index (χ4v) is 1.94. The molecule has 1 aromatic carbocycles. The van der Waals surface area contributed by atoms with Crippen LogP contribution in [0.25, 0.3) is 0 Å². The van der Waals surface area contributed by atoms with E-state index in [9.17, 15) is 0 Å². The van der Waals surface area contributed by atoms with Gasteiger partial charge in [-0.2, -0.15) is 0 Å². The van der Waals surface area contributed by atoms with Gasteiger partial charge in [-0.3, -0.25) is 0 Å². The SMILES string of the molecule is CCCCCc1ccc(OC2CC2)c(C)c1. The van der Waals surface area contributed by atoms with Crippen LogP contribution in [0.5, 0.6) is 5.75 Å². The van der Waals surface area contributed by atoms with E-state index in [-0.39, 0.29) is 0 Å². The molecule has 1 fully saturated rings. The van der Waals surface area contributed by atoms with Crippen LogP contribution in [0, 0.1) is 6.92 Å². The number of unbranched alkanes of at least 4 members (excludes halogenated alkanes) is 2. The summed E-state index contributed by atoms with van der Waals surface area (Å²) in [6.07, 6.45) is 8.11. The zero-order chi connectivity index (χ0) is 11.4. The van der Waals surface area contributed by atoms with Crippen molar-refractivity contribution in [2.75, 3.05) is 0 Å². The highest BCUT2D eigenvalue weighted by Crippen LogP contribution is 2.29. The van der Waals surface area contributed by atoms with Crippen LogP contribution in [0.1, 0.15) is 50.2 Å². The lowest BCUT2D eigenvalue weighted by molar-refractivity contribution is 0.301. The number of aryl methyl sites for hydroxylation is 2. The zero-order valence-corrected chi connectivity index (χ0v) is 10.5. The highest BCUT2D eigenvalue weighted by molar-refractivity contribution is 5.36. The van der Waals surface area contributed by atoms with Gasteiger partial charge in [0.15, 0.2) is 0 Å². The van der Waals surface area contributed by atoms with Gasteiger partial charge in [0.1, 0.15) is 5.75 Å². The van der Waals surface area contributed by atoms with Crippen LogP contribution in [-0.4, -0.2) is 6.10 Å². The first-order valence-electron chi connectivity index (χ1n) is 6.56. The van der Waals surface area contributed by atoms with E-state index < -0.39 is 0 Å². The minimum Gasteiger partial charge on any atom is -0.490 e. The smallest absolute Gasteiger partial charge is 0.122 e. The number of benzene rings is 1. The van der Waals surface area contributed by atoms with Gasteiger partial charge >= 0.3 is 0 Å². The van der Waals surface area contributed by atoms with Gasteiger partial charge in [-0.15, -0.1) is 0 Å². The molecule has 0 amide bonds. The molecule has 0 radical (unpaired) electrons. The Kier molecular flexibility index (Phi) is 3.87. The molecule has 1 nitrogen and oxygen atoms in total. The van der Waals surface area contributed by atoms with Crippen molar-refractivity contribution in [3.8, 4) is 5.75 Å². The zero-order valence-electron chi connectivity index (χ0n) is 10.5. The maximum atomic E-state index is 5.84. The third-order valence-corrected chi connectivity index (χ3v) is 3.13. The second-order valence-electron chi connectivity index (χ2n) is 4.87. The van der Waals surface area contributed by atoms with Crippen LogP contribution in [0.3, 0.4) is 0 Å². The highest BCUT2D eigenvalue weighted by Gasteiger charge is 2.23. The van der Waals surface area contributed by atoms with Crippen molar-refractivity contribution >= 4 is 0 Å². The predicted molar refractivity (Wildman–Crippen MR) is 68.1 cm³/mol. The first-order valence-corrected chi connectivity index (χ1v) is 6.56. The van der Waals surface area contributed by atoms with Crippen molar-refractivity contribution in [2.45, 2.75) is 58.5 Å². The van der Waals surface area contributed by atoms with Gasteiger partial charge in [0, 0.05) is 0 Å². The molecule has 0 atom stereocenters. The van der Waals surface area contributed by atoms with Gasteiger partial charge in [0.05, 0.1) is 6.10 Å². The van der Waals surface area contributed by atoms with Gasteiger partial charge in [0.2, 0.25) is 0 Å². The minimum absolute atomic E-state index is 0.504. The van der Waals surface area contributed by atoms with Crippen LogP contribution < -0.4 is 4.74 Å². The van der Waals surface area contributed by atoms with Crippen molar-refractivity contribution in [2.24, 2.45) is 0 Å². The molecular formula is C15H22O.